The number of carbonyl (C=O) groups excluding carboxylic acids is 1. The van der Waals surface area contributed by atoms with Crippen molar-refractivity contribution in [2.24, 2.45) is 5.92 Å². The van der Waals surface area contributed by atoms with Crippen molar-refractivity contribution in [2.75, 3.05) is 41.3 Å². The van der Waals surface area contributed by atoms with Crippen LogP contribution in [0.4, 0.5) is 17.3 Å². The zero-order valence-electron chi connectivity index (χ0n) is 16.3. The number of piperazine rings is 1. The van der Waals surface area contributed by atoms with E-state index in [0.717, 1.165) is 62.0 Å². The second-order valence-electron chi connectivity index (χ2n) is 8.14. The molecule has 3 aliphatic rings. The summed E-state index contributed by atoms with van der Waals surface area (Å²) in [6.45, 7) is 5.78. The van der Waals surface area contributed by atoms with Crippen LogP contribution < -0.4 is 15.1 Å². The lowest BCUT2D eigenvalue weighted by Crippen LogP contribution is -2.47. The van der Waals surface area contributed by atoms with E-state index in [0.29, 0.717) is 11.7 Å². The Hall–Kier alpha value is -2.70. The lowest BCUT2D eigenvalue weighted by molar-refractivity contribution is -0.117. The van der Waals surface area contributed by atoms with Crippen LogP contribution in [0.25, 0.3) is 0 Å². The summed E-state index contributed by atoms with van der Waals surface area (Å²) in [6.07, 6.45) is 6.31. The smallest absolute Gasteiger partial charge is 0.228 e. The van der Waals surface area contributed by atoms with Gasteiger partial charge in [0, 0.05) is 49.8 Å². The summed E-state index contributed by atoms with van der Waals surface area (Å²) in [7, 11) is 0. The average Bonchev–Trinajstić information content (AvgIpc) is 3.60. The molecule has 2 saturated carbocycles. The van der Waals surface area contributed by atoms with E-state index in [1.807, 2.05) is 18.3 Å². The molecule has 3 heterocycles. The molecular weight excluding hydrogens is 352 g/mol. The fourth-order valence-electron chi connectivity index (χ4n) is 3.68. The van der Waals surface area contributed by atoms with Crippen molar-refractivity contribution in [2.45, 2.75) is 38.5 Å². The molecule has 3 fully saturated rings. The number of carbonyl (C=O) groups is 1. The molecule has 0 radical (unpaired) electrons. The van der Waals surface area contributed by atoms with E-state index in [2.05, 4.69) is 38.1 Å². The average molecular weight is 378 g/mol. The summed E-state index contributed by atoms with van der Waals surface area (Å²) in [4.78, 5) is 30.4. The normalized spacial score (nSPS) is 19.6. The predicted molar refractivity (Wildman–Crippen MR) is 109 cm³/mol. The SMILES string of the molecule is Cc1cc(N2CCN(c3ccc(NC(=O)C4CC4)nc3)CC2)nc(C2CC2)n1. The zero-order chi connectivity index (χ0) is 19.1. The second kappa shape index (κ2) is 7.04. The number of anilines is 3. The summed E-state index contributed by atoms with van der Waals surface area (Å²) in [5.74, 6) is 3.59. The van der Waals surface area contributed by atoms with Crippen molar-refractivity contribution in [1.82, 2.24) is 15.0 Å². The van der Waals surface area contributed by atoms with E-state index < -0.39 is 0 Å². The molecule has 0 spiro atoms. The maximum Gasteiger partial charge on any atom is 0.228 e. The van der Waals surface area contributed by atoms with Gasteiger partial charge in [0.1, 0.15) is 17.5 Å². The first kappa shape index (κ1) is 17.4. The largest absolute Gasteiger partial charge is 0.367 e. The molecule has 1 saturated heterocycles. The molecule has 7 nitrogen and oxygen atoms in total. The summed E-state index contributed by atoms with van der Waals surface area (Å²) < 4.78 is 0. The highest BCUT2D eigenvalue weighted by Crippen LogP contribution is 2.38. The number of hydrogen-bond donors (Lipinski definition) is 1. The zero-order valence-corrected chi connectivity index (χ0v) is 16.3. The molecule has 0 bridgehead atoms. The molecule has 1 N–H and O–H groups in total. The van der Waals surface area contributed by atoms with Gasteiger partial charge in [0.2, 0.25) is 5.91 Å². The third kappa shape index (κ3) is 3.79. The van der Waals surface area contributed by atoms with E-state index >= 15 is 0 Å². The van der Waals surface area contributed by atoms with Gasteiger partial charge in [0.05, 0.1) is 11.9 Å². The molecule has 1 amide bonds. The molecule has 2 aromatic rings. The van der Waals surface area contributed by atoms with E-state index in [4.69, 9.17) is 4.98 Å². The molecule has 2 aliphatic carbocycles. The molecule has 146 valence electrons. The van der Waals surface area contributed by atoms with Crippen molar-refractivity contribution in [1.29, 1.82) is 0 Å². The predicted octanol–water partition coefficient (Wildman–Crippen LogP) is 2.73. The van der Waals surface area contributed by atoms with Crippen LogP contribution >= 0.6 is 0 Å². The van der Waals surface area contributed by atoms with Gasteiger partial charge in [-0.25, -0.2) is 15.0 Å². The Morgan fingerprint density at radius 2 is 1.79 bits per heavy atom. The fourth-order valence-corrected chi connectivity index (χ4v) is 3.68. The molecule has 7 heteroatoms. The highest BCUT2D eigenvalue weighted by Gasteiger charge is 2.30. The first-order chi connectivity index (χ1) is 13.7. The van der Waals surface area contributed by atoms with Gasteiger partial charge in [-0.3, -0.25) is 4.79 Å². The van der Waals surface area contributed by atoms with Crippen molar-refractivity contribution >= 4 is 23.2 Å². The lowest BCUT2D eigenvalue weighted by atomic mass is 10.2. The first-order valence-electron chi connectivity index (χ1n) is 10.3. The first-order valence-corrected chi connectivity index (χ1v) is 10.3. The number of nitrogens with zero attached hydrogens (tertiary/aromatic N) is 5. The molecule has 2 aromatic heterocycles. The molecule has 0 unspecified atom stereocenters. The Kier molecular flexibility index (Phi) is 4.37. The van der Waals surface area contributed by atoms with E-state index in [9.17, 15) is 4.79 Å². The minimum atomic E-state index is 0.0968. The monoisotopic (exact) mass is 378 g/mol. The minimum absolute atomic E-state index is 0.0968. The number of amides is 1. The molecule has 1 aliphatic heterocycles. The Labute approximate surface area is 165 Å². The highest BCUT2D eigenvalue weighted by atomic mass is 16.2. The third-order valence-electron chi connectivity index (χ3n) is 5.72. The Bertz CT molecular complexity index is 867. The standard InChI is InChI=1S/C21H26N6O/c1-14-12-19(25-20(23-14)15-2-3-15)27-10-8-26(9-11-27)17-6-7-18(22-13-17)24-21(28)16-4-5-16/h6-7,12-13,15-16H,2-5,8-11H2,1H3,(H,22,24,28). The van der Waals surface area contributed by atoms with Gasteiger partial charge in [-0.15, -0.1) is 0 Å². The molecule has 28 heavy (non-hydrogen) atoms. The van der Waals surface area contributed by atoms with Crippen molar-refractivity contribution < 1.29 is 4.79 Å². The van der Waals surface area contributed by atoms with Crippen molar-refractivity contribution in [3.63, 3.8) is 0 Å². The van der Waals surface area contributed by atoms with Crippen molar-refractivity contribution in [3.8, 4) is 0 Å². The van der Waals surface area contributed by atoms with Crippen LogP contribution in [0.3, 0.4) is 0 Å². The van der Waals surface area contributed by atoms with Crippen LogP contribution in [0.5, 0.6) is 0 Å². The topological polar surface area (TPSA) is 74.2 Å². The van der Waals surface area contributed by atoms with Crippen LogP contribution in [-0.4, -0.2) is 47.0 Å². The third-order valence-corrected chi connectivity index (χ3v) is 5.72. The van der Waals surface area contributed by atoms with Gasteiger partial charge in [0.25, 0.3) is 0 Å². The van der Waals surface area contributed by atoms with Gasteiger partial charge in [-0.05, 0) is 44.7 Å². The fraction of sp³-hybridized carbons (Fsp3) is 0.524. The minimum Gasteiger partial charge on any atom is -0.367 e. The van der Waals surface area contributed by atoms with Crippen LogP contribution in [-0.2, 0) is 4.79 Å². The van der Waals surface area contributed by atoms with E-state index in [-0.39, 0.29) is 11.8 Å². The van der Waals surface area contributed by atoms with Crippen LogP contribution in [0.15, 0.2) is 24.4 Å². The summed E-state index contributed by atoms with van der Waals surface area (Å²) >= 11 is 0. The lowest BCUT2D eigenvalue weighted by Gasteiger charge is -2.36. The summed E-state index contributed by atoms with van der Waals surface area (Å²) in [5.41, 5.74) is 2.16. The maximum atomic E-state index is 11.8. The number of aryl methyl sites for hydroxylation is 1. The second-order valence-corrected chi connectivity index (χ2v) is 8.14. The Morgan fingerprint density at radius 1 is 1.04 bits per heavy atom. The molecular formula is C21H26N6O. The Balaban J connectivity index is 1.20. The molecule has 5 rings (SSSR count). The highest BCUT2D eigenvalue weighted by molar-refractivity contribution is 5.93. The van der Waals surface area contributed by atoms with E-state index in [1.165, 1.54) is 12.8 Å². The Morgan fingerprint density at radius 3 is 2.43 bits per heavy atom. The molecule has 0 atom stereocenters. The van der Waals surface area contributed by atoms with Gasteiger partial charge in [0.15, 0.2) is 0 Å². The quantitative estimate of drug-likeness (QED) is 0.862. The van der Waals surface area contributed by atoms with Crippen LogP contribution in [0.1, 0.15) is 43.1 Å². The van der Waals surface area contributed by atoms with Gasteiger partial charge >= 0.3 is 0 Å². The number of pyridine rings is 1. The van der Waals surface area contributed by atoms with Crippen LogP contribution in [0.2, 0.25) is 0 Å². The number of aromatic nitrogens is 3. The van der Waals surface area contributed by atoms with Gasteiger partial charge in [-0.2, -0.15) is 0 Å². The maximum absolute atomic E-state index is 11.8. The number of nitrogens with one attached hydrogen (secondary N) is 1. The van der Waals surface area contributed by atoms with Gasteiger partial charge in [-0.1, -0.05) is 0 Å². The van der Waals surface area contributed by atoms with E-state index in [1.54, 1.807) is 0 Å². The number of rotatable bonds is 5. The van der Waals surface area contributed by atoms with Gasteiger partial charge < -0.3 is 15.1 Å². The summed E-state index contributed by atoms with van der Waals surface area (Å²) in [6, 6.07) is 6.04. The number of hydrogen-bond acceptors (Lipinski definition) is 6. The van der Waals surface area contributed by atoms with Crippen molar-refractivity contribution in [3.05, 3.63) is 35.9 Å². The summed E-state index contributed by atoms with van der Waals surface area (Å²) in [5, 5.41) is 2.90. The van der Waals surface area contributed by atoms with Crippen LogP contribution in [0, 0.1) is 12.8 Å². The molecule has 0 aromatic carbocycles.